The molecule has 2 aromatic heterocycles. The third kappa shape index (κ3) is 2.62. The van der Waals surface area contributed by atoms with Gasteiger partial charge in [-0.15, -0.1) is 11.3 Å². The Morgan fingerprint density at radius 2 is 2.14 bits per heavy atom. The van der Waals surface area contributed by atoms with Crippen molar-refractivity contribution in [3.05, 3.63) is 17.0 Å². The number of carbonyl (C=O) groups is 1. The number of nitrogens with one attached hydrogen (secondary N) is 1. The summed E-state index contributed by atoms with van der Waals surface area (Å²) in [4.78, 5) is 19.6. The number of nitrogens with zero attached hydrogens (tertiary/aromatic N) is 2. The van der Waals surface area contributed by atoms with Crippen molar-refractivity contribution in [3.63, 3.8) is 0 Å². The molecule has 1 saturated heterocycles. The third-order valence-electron chi connectivity index (χ3n) is 3.97. The van der Waals surface area contributed by atoms with Crippen LogP contribution in [0.15, 0.2) is 12.1 Å². The number of amides is 1. The van der Waals surface area contributed by atoms with E-state index in [1.54, 1.807) is 0 Å². The molecule has 116 valence electrons. The van der Waals surface area contributed by atoms with E-state index in [0.29, 0.717) is 30.0 Å². The van der Waals surface area contributed by atoms with Crippen molar-refractivity contribution in [1.29, 1.82) is 0 Å². The van der Waals surface area contributed by atoms with Crippen molar-refractivity contribution >= 4 is 39.0 Å². The van der Waals surface area contributed by atoms with Crippen LogP contribution < -0.4 is 16.0 Å². The fraction of sp³-hybridized carbons (Fsp3) is 0.467. The number of pyridine rings is 1. The number of fused-ring (bicyclic) bond motifs is 1. The lowest BCUT2D eigenvalue weighted by atomic mass is 10.2. The minimum atomic E-state index is -0.00278. The Morgan fingerprint density at radius 3 is 2.86 bits per heavy atom. The number of rotatable bonds is 3. The van der Waals surface area contributed by atoms with Gasteiger partial charge in [-0.05, 0) is 18.9 Å². The average Bonchev–Trinajstić information content (AvgIpc) is 3.23. The maximum atomic E-state index is 12.2. The monoisotopic (exact) mass is 318 g/mol. The molecule has 2 fully saturated rings. The van der Waals surface area contributed by atoms with Crippen molar-refractivity contribution in [3.8, 4) is 0 Å². The first-order valence-electron chi connectivity index (χ1n) is 7.54. The molecule has 2 aromatic rings. The Labute approximate surface area is 132 Å². The predicted molar refractivity (Wildman–Crippen MR) is 87.6 cm³/mol. The second-order valence-corrected chi connectivity index (χ2v) is 6.79. The number of anilines is 2. The van der Waals surface area contributed by atoms with Crippen LogP contribution in [0.3, 0.4) is 0 Å². The Morgan fingerprint density at radius 1 is 1.36 bits per heavy atom. The Hall–Kier alpha value is -1.86. The molecule has 2 aliphatic rings. The topological polar surface area (TPSA) is 80.5 Å². The molecule has 6 nitrogen and oxygen atoms in total. The van der Waals surface area contributed by atoms with Gasteiger partial charge >= 0.3 is 0 Å². The van der Waals surface area contributed by atoms with Crippen molar-refractivity contribution in [2.45, 2.75) is 18.9 Å². The van der Waals surface area contributed by atoms with Crippen molar-refractivity contribution in [1.82, 2.24) is 10.3 Å². The van der Waals surface area contributed by atoms with Crippen LogP contribution in [0.2, 0.25) is 0 Å². The highest BCUT2D eigenvalue weighted by molar-refractivity contribution is 7.21. The summed E-state index contributed by atoms with van der Waals surface area (Å²) in [6.45, 7) is 3.09. The van der Waals surface area contributed by atoms with E-state index in [0.717, 1.165) is 41.8 Å². The Balaban J connectivity index is 1.72. The third-order valence-corrected chi connectivity index (χ3v) is 5.11. The maximum Gasteiger partial charge on any atom is 0.261 e. The van der Waals surface area contributed by atoms with Crippen LogP contribution in [0.1, 0.15) is 22.5 Å². The standard InChI is InChI=1S/C15H18N4O2S/c16-13-8-11(19-3-5-21-6-4-19)14-10(18-13)7-12(22-14)15(20)17-9-1-2-9/h7-9H,1-6H2,(H2,16,18)(H,17,20). The number of hydrogen-bond acceptors (Lipinski definition) is 6. The van der Waals surface area contributed by atoms with Crippen LogP contribution in [-0.2, 0) is 4.74 Å². The van der Waals surface area contributed by atoms with Gasteiger partial charge in [-0.1, -0.05) is 0 Å². The van der Waals surface area contributed by atoms with Gasteiger partial charge in [0.25, 0.3) is 5.91 Å². The van der Waals surface area contributed by atoms with Crippen LogP contribution >= 0.6 is 11.3 Å². The number of thiophene rings is 1. The van der Waals surface area contributed by atoms with Gasteiger partial charge in [0.2, 0.25) is 0 Å². The zero-order valence-corrected chi connectivity index (χ0v) is 13.0. The first kappa shape index (κ1) is 13.8. The first-order chi connectivity index (χ1) is 10.7. The molecule has 3 N–H and O–H groups in total. The van der Waals surface area contributed by atoms with Crippen LogP contribution in [-0.4, -0.2) is 43.2 Å². The molecule has 1 saturated carbocycles. The predicted octanol–water partition coefficient (Wildman–Crippen LogP) is 1.61. The smallest absolute Gasteiger partial charge is 0.261 e. The molecule has 1 amide bonds. The fourth-order valence-electron chi connectivity index (χ4n) is 2.66. The maximum absolute atomic E-state index is 12.2. The lowest BCUT2D eigenvalue weighted by Gasteiger charge is -2.29. The van der Waals surface area contributed by atoms with Crippen LogP contribution in [0.4, 0.5) is 11.5 Å². The number of aromatic nitrogens is 1. The minimum absolute atomic E-state index is 0.00278. The molecule has 0 radical (unpaired) electrons. The molecular weight excluding hydrogens is 300 g/mol. The average molecular weight is 318 g/mol. The summed E-state index contributed by atoms with van der Waals surface area (Å²) >= 11 is 1.49. The second kappa shape index (κ2) is 5.40. The summed E-state index contributed by atoms with van der Waals surface area (Å²) < 4.78 is 6.43. The molecule has 0 spiro atoms. The molecule has 4 rings (SSSR count). The summed E-state index contributed by atoms with van der Waals surface area (Å²) in [5, 5.41) is 3.02. The molecule has 7 heteroatoms. The Bertz CT molecular complexity index is 720. The zero-order valence-electron chi connectivity index (χ0n) is 12.2. The van der Waals surface area contributed by atoms with E-state index < -0.39 is 0 Å². The second-order valence-electron chi connectivity index (χ2n) is 5.74. The number of hydrogen-bond donors (Lipinski definition) is 2. The van der Waals surface area contributed by atoms with Crippen LogP contribution in [0.25, 0.3) is 10.2 Å². The highest BCUT2D eigenvalue weighted by Gasteiger charge is 2.25. The van der Waals surface area contributed by atoms with E-state index in [1.807, 2.05) is 12.1 Å². The molecule has 22 heavy (non-hydrogen) atoms. The number of ether oxygens (including phenoxy) is 1. The number of carbonyl (C=O) groups excluding carboxylic acids is 1. The lowest BCUT2D eigenvalue weighted by molar-refractivity contribution is 0.0955. The van der Waals surface area contributed by atoms with Crippen LogP contribution in [0, 0.1) is 0 Å². The molecule has 0 unspecified atom stereocenters. The Kier molecular flexibility index (Phi) is 3.38. The van der Waals surface area contributed by atoms with E-state index in [9.17, 15) is 4.79 Å². The van der Waals surface area contributed by atoms with Gasteiger partial charge in [0.05, 0.1) is 34.0 Å². The van der Waals surface area contributed by atoms with Gasteiger partial charge in [0.15, 0.2) is 0 Å². The number of nitrogens with two attached hydrogens (primary N) is 1. The molecular formula is C15H18N4O2S. The van der Waals surface area contributed by atoms with Crippen molar-refractivity contribution < 1.29 is 9.53 Å². The fourth-order valence-corrected chi connectivity index (χ4v) is 3.70. The first-order valence-corrected chi connectivity index (χ1v) is 8.36. The van der Waals surface area contributed by atoms with Gasteiger partial charge in [-0.2, -0.15) is 0 Å². The molecule has 1 aliphatic heterocycles. The van der Waals surface area contributed by atoms with Gasteiger partial charge in [0, 0.05) is 25.2 Å². The van der Waals surface area contributed by atoms with Gasteiger partial charge in [-0.25, -0.2) is 4.98 Å². The summed E-state index contributed by atoms with van der Waals surface area (Å²) in [5.74, 6) is 0.484. The van der Waals surface area contributed by atoms with Crippen molar-refractivity contribution in [2.75, 3.05) is 36.9 Å². The van der Waals surface area contributed by atoms with Crippen LogP contribution in [0.5, 0.6) is 0 Å². The molecule has 0 bridgehead atoms. The summed E-state index contributed by atoms with van der Waals surface area (Å²) in [6, 6.07) is 4.10. The van der Waals surface area contributed by atoms with E-state index in [4.69, 9.17) is 10.5 Å². The molecule has 3 heterocycles. The van der Waals surface area contributed by atoms with E-state index >= 15 is 0 Å². The van der Waals surface area contributed by atoms with E-state index in [1.165, 1.54) is 11.3 Å². The molecule has 1 aliphatic carbocycles. The quantitative estimate of drug-likeness (QED) is 0.898. The normalized spacial score (nSPS) is 18.6. The highest BCUT2D eigenvalue weighted by Crippen LogP contribution is 2.35. The lowest BCUT2D eigenvalue weighted by Crippen LogP contribution is -2.36. The van der Waals surface area contributed by atoms with Gasteiger partial charge < -0.3 is 20.7 Å². The molecule has 0 aromatic carbocycles. The largest absolute Gasteiger partial charge is 0.384 e. The highest BCUT2D eigenvalue weighted by atomic mass is 32.1. The minimum Gasteiger partial charge on any atom is -0.384 e. The summed E-state index contributed by atoms with van der Waals surface area (Å²) in [6.07, 6.45) is 2.17. The SMILES string of the molecule is Nc1cc(N2CCOCC2)c2sc(C(=O)NC3CC3)cc2n1. The van der Waals surface area contributed by atoms with Gasteiger partial charge in [0.1, 0.15) is 5.82 Å². The number of nitrogen functional groups attached to an aromatic ring is 1. The zero-order chi connectivity index (χ0) is 15.1. The summed E-state index contributed by atoms with van der Waals surface area (Å²) in [7, 11) is 0. The van der Waals surface area contributed by atoms with Crippen molar-refractivity contribution in [2.24, 2.45) is 0 Å². The molecule has 0 atom stereocenters. The van der Waals surface area contributed by atoms with E-state index in [2.05, 4.69) is 15.2 Å². The number of morpholine rings is 1. The summed E-state index contributed by atoms with van der Waals surface area (Å²) in [5.41, 5.74) is 7.80. The van der Waals surface area contributed by atoms with Gasteiger partial charge in [-0.3, -0.25) is 4.79 Å². The van der Waals surface area contributed by atoms with E-state index in [-0.39, 0.29) is 5.91 Å².